The molecule has 0 aromatic heterocycles. The molecule has 1 N–H and O–H groups in total. The van der Waals surface area contributed by atoms with Crippen molar-refractivity contribution in [1.29, 1.82) is 0 Å². The summed E-state index contributed by atoms with van der Waals surface area (Å²) in [7, 11) is 0. The van der Waals surface area contributed by atoms with Gasteiger partial charge in [0.05, 0.1) is 6.10 Å². The number of rotatable bonds is 4. The highest BCUT2D eigenvalue weighted by molar-refractivity contribution is 7.99. The third-order valence-corrected chi connectivity index (χ3v) is 2.22. The van der Waals surface area contributed by atoms with E-state index in [2.05, 4.69) is 19.8 Å². The van der Waals surface area contributed by atoms with Crippen molar-refractivity contribution < 1.29 is 5.11 Å². The summed E-state index contributed by atoms with van der Waals surface area (Å²) >= 11 is 1.73. The Morgan fingerprint density at radius 1 is 1.60 bits per heavy atom. The van der Waals surface area contributed by atoms with Crippen LogP contribution in [0.5, 0.6) is 0 Å². The second-order valence-corrected chi connectivity index (χ2v) is 4.05. The first-order valence-electron chi connectivity index (χ1n) is 3.40. The van der Waals surface area contributed by atoms with Crippen molar-refractivity contribution in [2.75, 3.05) is 5.75 Å². The lowest BCUT2D eigenvalue weighted by Crippen LogP contribution is -2.10. The van der Waals surface area contributed by atoms with Crippen LogP contribution in [0.2, 0.25) is 0 Å². The average molecular weight is 158 g/mol. The molecule has 0 aliphatic carbocycles. The van der Waals surface area contributed by atoms with Crippen LogP contribution in [0.3, 0.4) is 0 Å². The van der Waals surface area contributed by atoms with E-state index in [1.165, 1.54) is 0 Å². The average Bonchev–Trinajstić information content (AvgIpc) is 1.85. The lowest BCUT2D eigenvalue weighted by atomic mass is 10.3. The van der Waals surface area contributed by atoms with Crippen LogP contribution in [-0.2, 0) is 0 Å². The molecular formula is C8H14OS. The molecule has 0 fully saturated rings. The Labute approximate surface area is 67.2 Å². The molecule has 10 heavy (non-hydrogen) atoms. The summed E-state index contributed by atoms with van der Waals surface area (Å²) in [6.45, 7) is 4.21. The van der Waals surface area contributed by atoms with Crippen molar-refractivity contribution in [3.63, 3.8) is 0 Å². The van der Waals surface area contributed by atoms with Gasteiger partial charge in [-0.15, -0.1) is 12.3 Å². The molecule has 0 aromatic carbocycles. The van der Waals surface area contributed by atoms with E-state index in [4.69, 9.17) is 11.5 Å². The lowest BCUT2D eigenvalue weighted by Gasteiger charge is -2.07. The van der Waals surface area contributed by atoms with Crippen LogP contribution in [0.15, 0.2) is 0 Å². The number of aliphatic hydroxyl groups excluding tert-OH is 1. The second kappa shape index (κ2) is 5.64. The lowest BCUT2D eigenvalue weighted by molar-refractivity contribution is 0.205. The first-order chi connectivity index (χ1) is 4.66. The summed E-state index contributed by atoms with van der Waals surface area (Å²) in [6, 6.07) is 0. The molecule has 1 unspecified atom stereocenters. The second-order valence-electron chi connectivity index (χ2n) is 2.44. The molecule has 0 saturated carbocycles. The number of terminal acetylenes is 1. The number of hydrogen-bond acceptors (Lipinski definition) is 2. The molecule has 1 nitrogen and oxygen atoms in total. The maximum Gasteiger partial charge on any atom is 0.0739 e. The predicted molar refractivity (Wildman–Crippen MR) is 47.1 cm³/mol. The number of aliphatic hydroxyl groups is 1. The maximum atomic E-state index is 9.13. The molecule has 0 aromatic rings. The van der Waals surface area contributed by atoms with E-state index in [1.54, 1.807) is 11.8 Å². The zero-order chi connectivity index (χ0) is 7.98. The Hall–Kier alpha value is -0.130. The van der Waals surface area contributed by atoms with Crippen LogP contribution in [0, 0.1) is 12.3 Å². The summed E-state index contributed by atoms with van der Waals surface area (Å²) in [5.41, 5.74) is 0. The van der Waals surface area contributed by atoms with Gasteiger partial charge in [0.25, 0.3) is 0 Å². The van der Waals surface area contributed by atoms with Crippen LogP contribution in [0.25, 0.3) is 0 Å². The molecule has 0 spiro atoms. The van der Waals surface area contributed by atoms with Crippen molar-refractivity contribution in [1.82, 2.24) is 0 Å². The fraction of sp³-hybridized carbons (Fsp3) is 0.750. The smallest absolute Gasteiger partial charge is 0.0739 e. The van der Waals surface area contributed by atoms with Gasteiger partial charge in [0.2, 0.25) is 0 Å². The van der Waals surface area contributed by atoms with Gasteiger partial charge in [0.1, 0.15) is 0 Å². The molecule has 0 amide bonds. The molecule has 0 aliphatic rings. The Bertz CT molecular complexity index is 115. The van der Waals surface area contributed by atoms with E-state index in [1.807, 2.05) is 0 Å². The third kappa shape index (κ3) is 6.00. The van der Waals surface area contributed by atoms with Crippen LogP contribution in [0.4, 0.5) is 0 Å². The van der Waals surface area contributed by atoms with Gasteiger partial charge in [-0.2, -0.15) is 11.8 Å². The highest BCUT2D eigenvalue weighted by Gasteiger charge is 2.02. The summed E-state index contributed by atoms with van der Waals surface area (Å²) in [4.78, 5) is 0. The molecule has 0 heterocycles. The monoisotopic (exact) mass is 158 g/mol. The summed E-state index contributed by atoms with van der Waals surface area (Å²) in [5.74, 6) is 3.18. The Morgan fingerprint density at radius 3 is 2.60 bits per heavy atom. The van der Waals surface area contributed by atoms with E-state index >= 15 is 0 Å². The number of thioether (sulfide) groups is 1. The Kier molecular flexibility index (Phi) is 5.57. The molecule has 2 heteroatoms. The van der Waals surface area contributed by atoms with E-state index in [-0.39, 0.29) is 6.10 Å². The zero-order valence-electron chi connectivity index (χ0n) is 6.50. The van der Waals surface area contributed by atoms with E-state index in [9.17, 15) is 0 Å². The van der Waals surface area contributed by atoms with Gasteiger partial charge in [-0.05, 0) is 5.25 Å². The van der Waals surface area contributed by atoms with Crippen LogP contribution < -0.4 is 0 Å². The maximum absolute atomic E-state index is 9.13. The first kappa shape index (κ1) is 9.87. The van der Waals surface area contributed by atoms with Crippen molar-refractivity contribution in [3.05, 3.63) is 0 Å². The van der Waals surface area contributed by atoms with Gasteiger partial charge in [-0.25, -0.2) is 0 Å². The molecule has 0 saturated heterocycles. The minimum Gasteiger partial charge on any atom is -0.391 e. The fourth-order valence-corrected chi connectivity index (χ4v) is 1.22. The van der Waals surface area contributed by atoms with Gasteiger partial charge < -0.3 is 5.11 Å². The van der Waals surface area contributed by atoms with E-state index in [0.29, 0.717) is 11.7 Å². The first-order valence-corrected chi connectivity index (χ1v) is 4.44. The molecule has 0 bridgehead atoms. The van der Waals surface area contributed by atoms with Gasteiger partial charge >= 0.3 is 0 Å². The molecule has 0 radical (unpaired) electrons. The van der Waals surface area contributed by atoms with Crippen LogP contribution in [-0.4, -0.2) is 22.2 Å². The number of hydrogen-bond donors (Lipinski definition) is 1. The Balaban J connectivity index is 3.23. The highest BCUT2D eigenvalue weighted by Crippen LogP contribution is 2.11. The molecule has 1 atom stereocenters. The topological polar surface area (TPSA) is 20.2 Å². The van der Waals surface area contributed by atoms with Crippen molar-refractivity contribution in [2.45, 2.75) is 31.6 Å². The zero-order valence-corrected chi connectivity index (χ0v) is 7.32. The quantitative estimate of drug-likeness (QED) is 0.626. The molecular weight excluding hydrogens is 144 g/mol. The third-order valence-electron chi connectivity index (χ3n) is 0.975. The molecule has 0 rings (SSSR count). The molecule has 58 valence electrons. The standard InChI is InChI=1S/C8H14OS/c1-4-5-8(9)6-10-7(2)3/h1,7-9H,5-6H2,2-3H3. The minimum absolute atomic E-state index is 0.322. The van der Waals surface area contributed by atoms with Gasteiger partial charge in [0.15, 0.2) is 0 Å². The molecule has 0 aliphatic heterocycles. The van der Waals surface area contributed by atoms with Crippen molar-refractivity contribution >= 4 is 11.8 Å². The van der Waals surface area contributed by atoms with Crippen LogP contribution >= 0.6 is 11.8 Å². The SMILES string of the molecule is C#CCC(O)CSC(C)C. The summed E-state index contributed by atoms with van der Waals surface area (Å²) in [5, 5.41) is 9.71. The van der Waals surface area contributed by atoms with Gasteiger partial charge in [0, 0.05) is 12.2 Å². The predicted octanol–water partition coefficient (Wildman–Crippen LogP) is 1.51. The summed E-state index contributed by atoms with van der Waals surface area (Å²) in [6.07, 6.45) is 5.17. The Morgan fingerprint density at radius 2 is 2.20 bits per heavy atom. The van der Waals surface area contributed by atoms with Gasteiger partial charge in [-0.1, -0.05) is 13.8 Å². The fourth-order valence-electron chi connectivity index (χ4n) is 0.498. The van der Waals surface area contributed by atoms with Crippen molar-refractivity contribution in [3.8, 4) is 12.3 Å². The highest BCUT2D eigenvalue weighted by atomic mass is 32.2. The van der Waals surface area contributed by atoms with E-state index in [0.717, 1.165) is 5.75 Å². The van der Waals surface area contributed by atoms with E-state index < -0.39 is 0 Å². The largest absolute Gasteiger partial charge is 0.391 e. The summed E-state index contributed by atoms with van der Waals surface area (Å²) < 4.78 is 0. The van der Waals surface area contributed by atoms with Crippen molar-refractivity contribution in [2.24, 2.45) is 0 Å². The minimum atomic E-state index is -0.322. The van der Waals surface area contributed by atoms with Gasteiger partial charge in [-0.3, -0.25) is 0 Å². The van der Waals surface area contributed by atoms with Crippen LogP contribution in [0.1, 0.15) is 20.3 Å². The normalized spacial score (nSPS) is 13.1.